The van der Waals surface area contributed by atoms with Gasteiger partial charge in [0.05, 0.1) is 12.2 Å². The van der Waals surface area contributed by atoms with Gasteiger partial charge in [-0.05, 0) is 29.8 Å². The van der Waals surface area contributed by atoms with E-state index in [0.717, 1.165) is 11.1 Å². The first-order valence-electron chi connectivity index (χ1n) is 6.45. The van der Waals surface area contributed by atoms with Crippen LogP contribution in [0, 0.1) is 5.82 Å². The molecule has 106 valence electrons. The van der Waals surface area contributed by atoms with Crippen LogP contribution in [-0.2, 0) is 6.54 Å². The Morgan fingerprint density at radius 3 is 2.38 bits per heavy atom. The van der Waals surface area contributed by atoms with Gasteiger partial charge in [0, 0.05) is 16.8 Å². The van der Waals surface area contributed by atoms with Crippen molar-refractivity contribution in [3.63, 3.8) is 0 Å². The van der Waals surface area contributed by atoms with E-state index >= 15 is 0 Å². The van der Waals surface area contributed by atoms with E-state index in [2.05, 4.69) is 5.10 Å². The molecule has 0 fully saturated rings. The molecule has 3 nitrogen and oxygen atoms in total. The summed E-state index contributed by atoms with van der Waals surface area (Å²) >= 11 is 5.88. The number of halogens is 2. The third-order valence-corrected chi connectivity index (χ3v) is 3.42. The van der Waals surface area contributed by atoms with Gasteiger partial charge >= 0.3 is 0 Å². The Morgan fingerprint density at radius 1 is 1.05 bits per heavy atom. The van der Waals surface area contributed by atoms with Gasteiger partial charge in [0.25, 0.3) is 0 Å². The molecule has 0 unspecified atom stereocenters. The minimum Gasteiger partial charge on any atom is -0.396 e. The van der Waals surface area contributed by atoms with Crippen LogP contribution in [0.15, 0.2) is 54.7 Å². The number of anilines is 1. The Kier molecular flexibility index (Phi) is 3.62. The smallest absolute Gasteiger partial charge is 0.123 e. The van der Waals surface area contributed by atoms with Gasteiger partial charge in [0.15, 0.2) is 0 Å². The van der Waals surface area contributed by atoms with Crippen LogP contribution in [0.3, 0.4) is 0 Å². The lowest BCUT2D eigenvalue weighted by atomic mass is 10.1. The zero-order valence-corrected chi connectivity index (χ0v) is 11.9. The molecule has 0 spiro atoms. The number of benzene rings is 2. The normalized spacial score (nSPS) is 10.8. The van der Waals surface area contributed by atoms with Crippen molar-refractivity contribution in [3.05, 3.63) is 71.1 Å². The van der Waals surface area contributed by atoms with Crippen LogP contribution in [0.5, 0.6) is 0 Å². The Morgan fingerprint density at radius 2 is 1.71 bits per heavy atom. The van der Waals surface area contributed by atoms with Gasteiger partial charge in [-0.1, -0.05) is 35.9 Å². The lowest BCUT2D eigenvalue weighted by Crippen LogP contribution is -2.00. The molecule has 0 aliphatic carbocycles. The molecule has 3 aromatic rings. The summed E-state index contributed by atoms with van der Waals surface area (Å²) in [6, 6.07) is 13.7. The average molecular weight is 302 g/mol. The molecule has 0 aliphatic heterocycles. The van der Waals surface area contributed by atoms with Gasteiger partial charge in [-0.3, -0.25) is 4.68 Å². The van der Waals surface area contributed by atoms with Crippen LogP contribution in [0.25, 0.3) is 11.3 Å². The Balaban J connectivity index is 1.87. The predicted molar refractivity (Wildman–Crippen MR) is 82.6 cm³/mol. The first kappa shape index (κ1) is 13.6. The first-order chi connectivity index (χ1) is 10.1. The monoisotopic (exact) mass is 301 g/mol. The third kappa shape index (κ3) is 3.06. The second-order valence-corrected chi connectivity index (χ2v) is 5.20. The molecule has 3 rings (SSSR count). The maximum absolute atomic E-state index is 12.9. The Hall–Kier alpha value is -2.33. The molecule has 21 heavy (non-hydrogen) atoms. The van der Waals surface area contributed by atoms with Crippen molar-refractivity contribution in [2.24, 2.45) is 0 Å². The second-order valence-electron chi connectivity index (χ2n) is 4.76. The molecule has 0 radical (unpaired) electrons. The van der Waals surface area contributed by atoms with Crippen molar-refractivity contribution >= 4 is 17.3 Å². The van der Waals surface area contributed by atoms with Crippen molar-refractivity contribution in [3.8, 4) is 11.3 Å². The van der Waals surface area contributed by atoms with E-state index in [1.54, 1.807) is 35.1 Å². The minimum absolute atomic E-state index is 0.249. The van der Waals surface area contributed by atoms with E-state index in [-0.39, 0.29) is 5.82 Å². The fourth-order valence-electron chi connectivity index (χ4n) is 2.13. The summed E-state index contributed by atoms with van der Waals surface area (Å²) in [6.45, 7) is 0.540. The maximum Gasteiger partial charge on any atom is 0.123 e. The van der Waals surface area contributed by atoms with E-state index in [4.69, 9.17) is 17.3 Å². The molecule has 5 heteroatoms. The largest absolute Gasteiger partial charge is 0.396 e. The lowest BCUT2D eigenvalue weighted by Gasteiger charge is -2.02. The molecular weight excluding hydrogens is 289 g/mol. The molecular formula is C16H13ClFN3. The van der Waals surface area contributed by atoms with Gasteiger partial charge in [-0.15, -0.1) is 0 Å². The van der Waals surface area contributed by atoms with Crippen molar-refractivity contribution in [1.29, 1.82) is 0 Å². The third-order valence-electron chi connectivity index (χ3n) is 3.17. The molecule has 0 amide bonds. The van der Waals surface area contributed by atoms with Gasteiger partial charge in [0.1, 0.15) is 11.5 Å². The topological polar surface area (TPSA) is 43.8 Å². The highest BCUT2D eigenvalue weighted by atomic mass is 35.5. The molecule has 2 aromatic carbocycles. The molecule has 2 N–H and O–H groups in total. The highest BCUT2D eigenvalue weighted by Crippen LogP contribution is 2.25. The Bertz CT molecular complexity index is 748. The molecule has 1 heterocycles. The lowest BCUT2D eigenvalue weighted by molar-refractivity contribution is 0.624. The average Bonchev–Trinajstić information content (AvgIpc) is 2.83. The summed E-state index contributed by atoms with van der Waals surface area (Å²) in [5.74, 6) is -0.249. The number of hydrogen-bond donors (Lipinski definition) is 1. The minimum atomic E-state index is -0.249. The number of hydrogen-bond acceptors (Lipinski definition) is 2. The molecule has 0 atom stereocenters. The summed E-state index contributed by atoms with van der Waals surface area (Å²) in [5, 5.41) is 5.15. The van der Waals surface area contributed by atoms with E-state index in [9.17, 15) is 4.39 Å². The predicted octanol–water partition coefficient (Wildman–Crippen LogP) is 3.97. The quantitative estimate of drug-likeness (QED) is 0.795. The van der Waals surface area contributed by atoms with Gasteiger partial charge < -0.3 is 5.73 Å². The molecule has 0 bridgehead atoms. The van der Waals surface area contributed by atoms with E-state index < -0.39 is 0 Å². The van der Waals surface area contributed by atoms with E-state index in [0.29, 0.717) is 22.9 Å². The van der Waals surface area contributed by atoms with Crippen LogP contribution < -0.4 is 5.73 Å². The van der Waals surface area contributed by atoms with Crippen molar-refractivity contribution < 1.29 is 4.39 Å². The van der Waals surface area contributed by atoms with Crippen molar-refractivity contribution in [2.45, 2.75) is 6.54 Å². The van der Waals surface area contributed by atoms with Gasteiger partial charge in [-0.25, -0.2) is 4.39 Å². The standard InChI is InChI=1S/C16H13ClFN3/c17-13-5-3-12(4-6-13)16-15(19)10-21(20-16)9-11-1-7-14(18)8-2-11/h1-8,10H,9,19H2. The number of nitrogen functional groups attached to an aromatic ring is 1. The summed E-state index contributed by atoms with van der Waals surface area (Å²) < 4.78 is 14.6. The van der Waals surface area contributed by atoms with Crippen molar-refractivity contribution in [1.82, 2.24) is 9.78 Å². The van der Waals surface area contributed by atoms with Crippen LogP contribution in [0.1, 0.15) is 5.56 Å². The number of nitrogens with zero attached hydrogens (tertiary/aromatic N) is 2. The van der Waals surface area contributed by atoms with Crippen LogP contribution in [0.2, 0.25) is 5.02 Å². The molecule has 0 aliphatic rings. The molecule has 0 saturated carbocycles. The van der Waals surface area contributed by atoms with E-state index in [1.807, 2.05) is 12.1 Å². The van der Waals surface area contributed by atoms with Crippen molar-refractivity contribution in [2.75, 3.05) is 5.73 Å². The second kappa shape index (κ2) is 5.58. The van der Waals surface area contributed by atoms with Gasteiger partial charge in [-0.2, -0.15) is 5.10 Å². The van der Waals surface area contributed by atoms with Crippen LogP contribution in [-0.4, -0.2) is 9.78 Å². The van der Waals surface area contributed by atoms with Crippen LogP contribution >= 0.6 is 11.6 Å². The van der Waals surface area contributed by atoms with E-state index in [1.165, 1.54) is 12.1 Å². The molecule has 0 saturated heterocycles. The fourth-order valence-corrected chi connectivity index (χ4v) is 2.25. The number of aromatic nitrogens is 2. The highest BCUT2D eigenvalue weighted by molar-refractivity contribution is 6.30. The summed E-state index contributed by atoms with van der Waals surface area (Å²) in [4.78, 5) is 0. The summed E-state index contributed by atoms with van der Waals surface area (Å²) in [7, 11) is 0. The SMILES string of the molecule is Nc1cn(Cc2ccc(F)cc2)nc1-c1ccc(Cl)cc1. The fraction of sp³-hybridized carbons (Fsp3) is 0.0625. The van der Waals surface area contributed by atoms with Gasteiger partial charge in [0.2, 0.25) is 0 Å². The first-order valence-corrected chi connectivity index (χ1v) is 6.83. The number of rotatable bonds is 3. The Labute approximate surface area is 126 Å². The summed E-state index contributed by atoms with van der Waals surface area (Å²) in [6.07, 6.45) is 1.77. The zero-order chi connectivity index (χ0) is 14.8. The van der Waals surface area contributed by atoms with Crippen LogP contribution in [0.4, 0.5) is 10.1 Å². The zero-order valence-electron chi connectivity index (χ0n) is 11.1. The summed E-state index contributed by atoms with van der Waals surface area (Å²) in [5.41, 5.74) is 9.20. The molecule has 1 aromatic heterocycles. The maximum atomic E-state index is 12.9. The highest BCUT2D eigenvalue weighted by Gasteiger charge is 2.09. The number of nitrogens with two attached hydrogens (primary N) is 1.